The van der Waals surface area contributed by atoms with Crippen LogP contribution in [-0.2, 0) is 21.7 Å². The molecule has 3 heteroatoms. The topological polar surface area (TPSA) is 12.4 Å². The van der Waals surface area contributed by atoms with Crippen molar-refractivity contribution in [3.63, 3.8) is 0 Å². The Hall–Kier alpha value is -0.0957. The normalized spacial score (nSPS) is 13.8. The zero-order valence-electron chi connectivity index (χ0n) is 23.4. The van der Waals surface area contributed by atoms with Gasteiger partial charge in [-0.05, 0) is 77.6 Å². The van der Waals surface area contributed by atoms with Gasteiger partial charge in [-0.15, -0.1) is 0 Å². The molecule has 0 bridgehead atoms. The molecule has 1 aliphatic rings. The van der Waals surface area contributed by atoms with E-state index in [1.54, 1.807) is 0 Å². The molecule has 0 unspecified atom stereocenters. The predicted molar refractivity (Wildman–Crippen MR) is 152 cm³/mol. The average Bonchev–Trinajstić information content (AvgIpc) is 3.28. The van der Waals surface area contributed by atoms with E-state index < -0.39 is 7.05 Å². The zero-order chi connectivity index (χ0) is 24.1. The first-order chi connectivity index (χ1) is 15.5. The molecule has 0 N–H and O–H groups in total. The first-order valence-corrected chi connectivity index (χ1v) is 16.1. The Bertz CT molecular complexity index is 588. The van der Waals surface area contributed by atoms with Crippen molar-refractivity contribution < 1.29 is 21.7 Å². The Morgan fingerprint density at radius 3 is 1.48 bits per heavy atom. The van der Waals surface area contributed by atoms with Crippen molar-refractivity contribution in [1.82, 2.24) is 0 Å². The summed E-state index contributed by atoms with van der Waals surface area (Å²) in [4.78, 5) is 0. The molecular weight excluding hydrogens is 453 g/mol. The summed E-state index contributed by atoms with van der Waals surface area (Å²) in [5, 5.41) is 0. The summed E-state index contributed by atoms with van der Waals surface area (Å²) in [6, 6.07) is 0. The van der Waals surface area contributed by atoms with Gasteiger partial charge in [0.05, 0.1) is 0 Å². The Kier molecular flexibility index (Phi) is 25.1. The monoisotopic (exact) mass is 509 g/mol. The fraction of sp³-hybridized carbons (Fsp3) is 0.733. The van der Waals surface area contributed by atoms with Crippen LogP contribution in [0.25, 0.3) is 0 Å². The molecule has 0 fully saturated rings. The first kappa shape index (κ1) is 35.1. The van der Waals surface area contributed by atoms with Crippen molar-refractivity contribution >= 4 is 7.05 Å². The van der Waals surface area contributed by atoms with E-state index in [1.165, 1.54) is 93.1 Å². The van der Waals surface area contributed by atoms with Gasteiger partial charge in [-0.1, -0.05) is 109 Å². The van der Waals surface area contributed by atoms with E-state index in [0.29, 0.717) is 0 Å². The molecule has 33 heavy (non-hydrogen) atoms. The Morgan fingerprint density at radius 1 is 0.758 bits per heavy atom. The third-order valence-electron chi connectivity index (χ3n) is 6.27. The van der Waals surface area contributed by atoms with Crippen molar-refractivity contribution in [2.24, 2.45) is 4.74 Å². The summed E-state index contributed by atoms with van der Waals surface area (Å²) in [5.41, 5.74) is 4.21. The van der Waals surface area contributed by atoms with Crippen LogP contribution < -0.4 is 0 Å². The van der Waals surface area contributed by atoms with Crippen LogP contribution >= 0.6 is 7.05 Å². The van der Waals surface area contributed by atoms with E-state index in [-0.39, 0.29) is 21.7 Å². The number of nitrogens with zero attached hydrogens (tertiary/aromatic N) is 1. The molecule has 1 nitrogen and oxygen atoms in total. The predicted octanol–water partition coefficient (Wildman–Crippen LogP) is 11.3. The van der Waals surface area contributed by atoms with Crippen molar-refractivity contribution in [2.75, 3.05) is 18.5 Å². The fourth-order valence-electron chi connectivity index (χ4n) is 4.17. The summed E-state index contributed by atoms with van der Waals surface area (Å²) in [6.45, 7) is 15.6. The zero-order valence-corrected chi connectivity index (χ0v) is 25.8. The molecule has 0 aromatic carbocycles. The van der Waals surface area contributed by atoms with Crippen LogP contribution in [0.4, 0.5) is 0 Å². The Balaban J connectivity index is 0. The molecule has 0 aromatic rings. The third kappa shape index (κ3) is 17.9. The van der Waals surface area contributed by atoms with Gasteiger partial charge in [-0.3, -0.25) is 4.74 Å². The van der Waals surface area contributed by atoms with Crippen LogP contribution in [0.1, 0.15) is 126 Å². The van der Waals surface area contributed by atoms with E-state index in [4.69, 9.17) is 4.74 Å². The molecule has 0 aromatic heterocycles. The van der Waals surface area contributed by atoms with Crippen LogP contribution in [-0.4, -0.2) is 18.5 Å². The summed E-state index contributed by atoms with van der Waals surface area (Å²) < 4.78 is 5.43. The molecule has 190 valence electrons. The van der Waals surface area contributed by atoms with Crippen LogP contribution in [0.2, 0.25) is 0 Å². The largest absolute Gasteiger partial charge is 0.272 e. The third-order valence-corrected chi connectivity index (χ3v) is 10.4. The summed E-state index contributed by atoms with van der Waals surface area (Å²) >= 11 is 0. The van der Waals surface area contributed by atoms with Gasteiger partial charge in [-0.25, -0.2) is 0 Å². The van der Waals surface area contributed by atoms with E-state index in [2.05, 4.69) is 78.8 Å². The first-order valence-electron chi connectivity index (χ1n) is 13.8. The molecule has 0 saturated heterocycles. The number of hydrogen-bond donors (Lipinski definition) is 0. The second-order valence-electron chi connectivity index (χ2n) is 9.37. The van der Waals surface area contributed by atoms with Crippen molar-refractivity contribution in [3.8, 4) is 0 Å². The van der Waals surface area contributed by atoms with Gasteiger partial charge in [0.1, 0.15) is 0 Å². The summed E-state index contributed by atoms with van der Waals surface area (Å²) in [5.74, 6) is 0. The van der Waals surface area contributed by atoms with Crippen LogP contribution in [0.3, 0.4) is 0 Å². The Labute approximate surface area is 224 Å². The second-order valence-corrected chi connectivity index (χ2v) is 13.1. The Morgan fingerprint density at radius 2 is 1.18 bits per heavy atom. The smallest absolute Gasteiger partial charge is 0.0425 e. The van der Waals surface area contributed by atoms with E-state index in [1.807, 2.05) is 0 Å². The molecule has 0 amide bonds. The van der Waals surface area contributed by atoms with E-state index in [9.17, 15) is 0 Å². The minimum atomic E-state index is -1.12. The molecule has 1 aliphatic carbocycles. The standard InChI is InChI=1S/C20H38NP.C10H18.Ti/c1-4-7-12-17-22(18-13-8-5-2,19-14-9-6-3)21-20-15-10-11-16-20;1-5-7-9(3)10(4)8-6-2;/h10-11,15H,4-9,12-14,16-19H2,1-3H3;7-8H,5-6H2,1-4H3;. The summed E-state index contributed by atoms with van der Waals surface area (Å²) in [6.07, 6.45) is 31.2. The molecule has 1 rings (SSSR count). The number of rotatable bonds is 16. The maximum atomic E-state index is 5.43. The van der Waals surface area contributed by atoms with Gasteiger partial charge in [0, 0.05) is 33.8 Å². The minimum absolute atomic E-state index is 0. The van der Waals surface area contributed by atoms with Crippen molar-refractivity contribution in [2.45, 2.75) is 126 Å². The van der Waals surface area contributed by atoms with Gasteiger partial charge >= 0.3 is 0 Å². The van der Waals surface area contributed by atoms with Crippen LogP contribution in [0.5, 0.6) is 0 Å². The number of hydrogen-bond acceptors (Lipinski definition) is 1. The maximum absolute atomic E-state index is 5.43. The van der Waals surface area contributed by atoms with Crippen LogP contribution in [0, 0.1) is 0 Å². The van der Waals surface area contributed by atoms with Crippen molar-refractivity contribution in [3.05, 3.63) is 47.2 Å². The number of unbranched alkanes of at least 4 members (excludes halogenated alkanes) is 6. The van der Waals surface area contributed by atoms with E-state index in [0.717, 1.165) is 19.3 Å². The van der Waals surface area contributed by atoms with Gasteiger partial charge in [0.2, 0.25) is 0 Å². The molecule has 0 heterocycles. The van der Waals surface area contributed by atoms with Crippen LogP contribution in [0.15, 0.2) is 52.0 Å². The van der Waals surface area contributed by atoms with E-state index >= 15 is 0 Å². The maximum Gasteiger partial charge on any atom is 0.0425 e. The van der Waals surface area contributed by atoms with Gasteiger partial charge in [0.25, 0.3) is 0 Å². The second kappa shape index (κ2) is 23.6. The SMILES string of the molecule is CCC=C(C)C(C)=CCC.CCCCCP(CCCCC)(CCCCC)=NC1=CC=CC1.[Ti]. The average molecular weight is 510 g/mol. The van der Waals surface area contributed by atoms with Crippen molar-refractivity contribution in [1.29, 1.82) is 0 Å². The van der Waals surface area contributed by atoms with Gasteiger partial charge in [0.15, 0.2) is 0 Å². The number of allylic oxidation sites excluding steroid dienone is 7. The molecule has 0 aliphatic heterocycles. The molecule has 0 spiro atoms. The molecule has 0 saturated carbocycles. The summed E-state index contributed by atoms with van der Waals surface area (Å²) in [7, 11) is -1.12. The van der Waals surface area contributed by atoms with Gasteiger partial charge in [-0.2, -0.15) is 0 Å². The minimum Gasteiger partial charge on any atom is -0.272 e. The van der Waals surface area contributed by atoms with Gasteiger partial charge < -0.3 is 0 Å². The fourth-order valence-corrected chi connectivity index (χ4v) is 8.27. The quantitative estimate of drug-likeness (QED) is 0.0849. The molecule has 0 radical (unpaired) electrons. The molecular formula is C30H56NPTi. The molecule has 0 atom stereocenters.